The van der Waals surface area contributed by atoms with Gasteiger partial charge in [-0.05, 0) is 44.2 Å². The van der Waals surface area contributed by atoms with E-state index in [2.05, 4.69) is 10.1 Å². The van der Waals surface area contributed by atoms with Crippen LogP contribution in [0.2, 0.25) is 0 Å². The van der Waals surface area contributed by atoms with Gasteiger partial charge in [-0.1, -0.05) is 35.5 Å². The van der Waals surface area contributed by atoms with E-state index in [9.17, 15) is 9.59 Å². The Morgan fingerprint density at radius 1 is 1.03 bits per heavy atom. The second kappa shape index (κ2) is 8.79. The van der Waals surface area contributed by atoms with Crippen molar-refractivity contribution < 1.29 is 23.6 Å². The maximum absolute atomic E-state index is 12.9. The van der Waals surface area contributed by atoms with Gasteiger partial charge in [-0.25, -0.2) is 9.78 Å². The van der Waals surface area contributed by atoms with E-state index in [0.29, 0.717) is 34.7 Å². The van der Waals surface area contributed by atoms with E-state index < -0.39 is 5.97 Å². The molecule has 2 aromatic carbocycles. The Hall–Kier alpha value is -4.00. The molecule has 31 heavy (non-hydrogen) atoms. The van der Waals surface area contributed by atoms with Gasteiger partial charge in [0.25, 0.3) is 5.71 Å². The number of rotatable bonds is 7. The molecule has 0 bridgehead atoms. The van der Waals surface area contributed by atoms with Gasteiger partial charge in [0.15, 0.2) is 12.4 Å². The van der Waals surface area contributed by atoms with Gasteiger partial charge >= 0.3 is 5.97 Å². The number of pyridine rings is 1. The SMILES string of the molecule is CCOc1ccc(C(=O)COC(=O)c2cc(-c3ccccc3)nc3onc(C)c23)cc1. The maximum Gasteiger partial charge on any atom is 0.339 e. The monoisotopic (exact) mass is 416 g/mol. The number of benzene rings is 2. The summed E-state index contributed by atoms with van der Waals surface area (Å²) in [5, 5.41) is 4.39. The summed E-state index contributed by atoms with van der Waals surface area (Å²) >= 11 is 0. The highest BCUT2D eigenvalue weighted by molar-refractivity contribution is 6.06. The molecule has 7 nitrogen and oxygen atoms in total. The Morgan fingerprint density at radius 2 is 1.77 bits per heavy atom. The third-order valence-electron chi connectivity index (χ3n) is 4.73. The summed E-state index contributed by atoms with van der Waals surface area (Å²) in [5.74, 6) is -0.284. The lowest BCUT2D eigenvalue weighted by Crippen LogP contribution is -2.15. The van der Waals surface area contributed by atoms with Crippen LogP contribution in [0.15, 0.2) is 65.2 Å². The van der Waals surface area contributed by atoms with Crippen LogP contribution in [0.1, 0.15) is 33.3 Å². The molecule has 0 atom stereocenters. The molecule has 0 unspecified atom stereocenters. The van der Waals surface area contributed by atoms with Crippen molar-refractivity contribution in [3.8, 4) is 17.0 Å². The van der Waals surface area contributed by atoms with E-state index in [-0.39, 0.29) is 23.7 Å². The van der Waals surface area contributed by atoms with E-state index in [1.54, 1.807) is 37.3 Å². The number of carbonyl (C=O) groups excluding carboxylic acids is 2. The van der Waals surface area contributed by atoms with Crippen LogP contribution in [0.3, 0.4) is 0 Å². The van der Waals surface area contributed by atoms with Gasteiger partial charge in [-0.2, -0.15) is 0 Å². The molecule has 0 amide bonds. The predicted octanol–water partition coefficient (Wildman–Crippen LogP) is 4.64. The standard InChI is InChI=1S/C24H20N2O5/c1-3-29-18-11-9-17(10-12-18)21(27)14-30-24(28)19-13-20(16-7-5-4-6-8-16)25-23-22(19)15(2)26-31-23/h4-13H,3,14H2,1-2H3. The number of aryl methyl sites for hydroxylation is 1. The van der Waals surface area contributed by atoms with Crippen LogP contribution in [0.25, 0.3) is 22.4 Å². The number of aromatic nitrogens is 2. The zero-order valence-electron chi connectivity index (χ0n) is 17.1. The van der Waals surface area contributed by atoms with Crippen LogP contribution in [-0.2, 0) is 4.74 Å². The van der Waals surface area contributed by atoms with Crippen LogP contribution >= 0.6 is 0 Å². The third kappa shape index (κ3) is 4.30. The van der Waals surface area contributed by atoms with Crippen LogP contribution in [0.4, 0.5) is 0 Å². The van der Waals surface area contributed by atoms with Gasteiger partial charge in [0.05, 0.1) is 28.9 Å². The summed E-state index contributed by atoms with van der Waals surface area (Å²) in [7, 11) is 0. The fraction of sp³-hybridized carbons (Fsp3) is 0.167. The van der Waals surface area contributed by atoms with Crippen LogP contribution in [-0.4, -0.2) is 35.1 Å². The molecule has 0 saturated carbocycles. The molecule has 0 radical (unpaired) electrons. The number of fused-ring (bicyclic) bond motifs is 1. The normalized spacial score (nSPS) is 10.8. The first-order valence-electron chi connectivity index (χ1n) is 9.82. The first-order chi connectivity index (χ1) is 15.1. The van der Waals surface area contributed by atoms with E-state index in [1.165, 1.54) is 0 Å². The molecular formula is C24H20N2O5. The van der Waals surface area contributed by atoms with Gasteiger partial charge in [-0.15, -0.1) is 0 Å². The van der Waals surface area contributed by atoms with Gasteiger partial charge in [0, 0.05) is 11.1 Å². The Balaban J connectivity index is 1.57. The average molecular weight is 416 g/mol. The van der Waals surface area contributed by atoms with Gasteiger partial charge in [0.1, 0.15) is 5.75 Å². The highest BCUT2D eigenvalue weighted by Crippen LogP contribution is 2.27. The van der Waals surface area contributed by atoms with Crippen LogP contribution in [0, 0.1) is 6.92 Å². The van der Waals surface area contributed by atoms with E-state index >= 15 is 0 Å². The lowest BCUT2D eigenvalue weighted by atomic mass is 10.1. The first kappa shape index (κ1) is 20.3. The van der Waals surface area contributed by atoms with Crippen LogP contribution < -0.4 is 4.74 Å². The number of hydrogen-bond acceptors (Lipinski definition) is 7. The second-order valence-electron chi connectivity index (χ2n) is 6.83. The molecule has 0 aliphatic heterocycles. The number of ether oxygens (including phenoxy) is 2. The van der Waals surface area contributed by atoms with Crippen molar-refractivity contribution in [3.05, 3.63) is 77.5 Å². The van der Waals surface area contributed by atoms with Crippen molar-refractivity contribution in [1.29, 1.82) is 0 Å². The first-order valence-corrected chi connectivity index (χ1v) is 9.82. The largest absolute Gasteiger partial charge is 0.494 e. The van der Waals surface area contributed by atoms with Gasteiger partial charge in [0.2, 0.25) is 0 Å². The second-order valence-corrected chi connectivity index (χ2v) is 6.83. The molecule has 2 aromatic heterocycles. The van der Waals surface area contributed by atoms with Crippen molar-refractivity contribution in [1.82, 2.24) is 10.1 Å². The third-order valence-corrected chi connectivity index (χ3v) is 4.73. The van der Waals surface area contributed by atoms with Crippen molar-refractivity contribution in [2.75, 3.05) is 13.2 Å². The smallest absolute Gasteiger partial charge is 0.339 e. The molecule has 0 aliphatic rings. The van der Waals surface area contributed by atoms with Crippen LogP contribution in [0.5, 0.6) is 5.75 Å². The highest BCUT2D eigenvalue weighted by atomic mass is 16.5. The molecule has 7 heteroatoms. The molecule has 2 heterocycles. The summed E-state index contributed by atoms with van der Waals surface area (Å²) in [4.78, 5) is 29.8. The maximum atomic E-state index is 12.9. The van der Waals surface area contributed by atoms with E-state index in [4.69, 9.17) is 14.0 Å². The molecule has 0 fully saturated rings. The zero-order valence-corrected chi connectivity index (χ0v) is 17.1. The zero-order chi connectivity index (χ0) is 21.8. The Bertz CT molecular complexity index is 1230. The predicted molar refractivity (Wildman–Crippen MR) is 114 cm³/mol. The molecule has 156 valence electrons. The number of hydrogen-bond donors (Lipinski definition) is 0. The Labute approximate surface area is 178 Å². The number of nitrogens with zero attached hydrogens (tertiary/aromatic N) is 2. The van der Waals surface area contributed by atoms with Crippen molar-refractivity contribution in [3.63, 3.8) is 0 Å². The average Bonchev–Trinajstić information content (AvgIpc) is 3.18. The number of esters is 1. The quantitative estimate of drug-likeness (QED) is 0.320. The number of carbonyl (C=O) groups is 2. The topological polar surface area (TPSA) is 91.5 Å². The minimum absolute atomic E-state index is 0.239. The van der Waals surface area contributed by atoms with Crippen molar-refractivity contribution in [2.24, 2.45) is 0 Å². The molecule has 0 spiro atoms. The molecule has 4 aromatic rings. The van der Waals surface area contributed by atoms with E-state index in [0.717, 1.165) is 5.56 Å². The summed E-state index contributed by atoms with van der Waals surface area (Å²) < 4.78 is 16.0. The molecule has 0 saturated heterocycles. The lowest BCUT2D eigenvalue weighted by Gasteiger charge is -2.08. The van der Waals surface area contributed by atoms with E-state index in [1.807, 2.05) is 37.3 Å². The fourth-order valence-corrected chi connectivity index (χ4v) is 3.21. The Morgan fingerprint density at radius 3 is 2.48 bits per heavy atom. The minimum atomic E-state index is -0.643. The molecule has 0 N–H and O–H groups in total. The summed E-state index contributed by atoms with van der Waals surface area (Å²) in [5.41, 5.74) is 2.81. The number of ketones is 1. The molecular weight excluding hydrogens is 396 g/mol. The Kier molecular flexibility index (Phi) is 5.75. The fourth-order valence-electron chi connectivity index (χ4n) is 3.21. The highest BCUT2D eigenvalue weighted by Gasteiger charge is 2.21. The lowest BCUT2D eigenvalue weighted by molar-refractivity contribution is 0.0476. The summed E-state index contributed by atoms with van der Waals surface area (Å²) in [6.45, 7) is 3.76. The van der Waals surface area contributed by atoms with Gasteiger partial charge < -0.3 is 14.0 Å². The minimum Gasteiger partial charge on any atom is -0.494 e. The summed E-state index contributed by atoms with van der Waals surface area (Å²) in [6.07, 6.45) is 0. The van der Waals surface area contributed by atoms with Crippen molar-refractivity contribution >= 4 is 22.9 Å². The summed E-state index contributed by atoms with van der Waals surface area (Å²) in [6, 6.07) is 17.7. The number of Topliss-reactive ketones (excluding diaryl/α,β-unsaturated/α-hetero) is 1. The molecule has 4 rings (SSSR count). The van der Waals surface area contributed by atoms with Crippen molar-refractivity contribution in [2.45, 2.75) is 13.8 Å². The van der Waals surface area contributed by atoms with Gasteiger partial charge in [-0.3, -0.25) is 4.79 Å². The molecule has 0 aliphatic carbocycles.